The molecule has 0 aliphatic carbocycles. The van der Waals surface area contributed by atoms with Gasteiger partial charge in [0.1, 0.15) is 11.5 Å². The summed E-state index contributed by atoms with van der Waals surface area (Å²) in [5.41, 5.74) is 1.11. The number of amides is 3. The lowest BCUT2D eigenvalue weighted by Gasteiger charge is -2.58. The van der Waals surface area contributed by atoms with Crippen molar-refractivity contribution < 1.29 is 23.9 Å². The number of carbonyl (C=O) groups is 3. The number of aliphatic imine (C=N–C) groups is 1. The number of benzene rings is 3. The van der Waals surface area contributed by atoms with Crippen molar-refractivity contribution in [1.29, 1.82) is 0 Å². The zero-order valence-corrected chi connectivity index (χ0v) is 28.2. The van der Waals surface area contributed by atoms with E-state index in [1.165, 1.54) is 0 Å². The smallest absolute Gasteiger partial charge is 0.410 e. The second-order valence-corrected chi connectivity index (χ2v) is 17.9. The Balaban J connectivity index is 1.39. The first-order valence-electron chi connectivity index (χ1n) is 15.6. The molecular weight excluding hydrogens is 597 g/mol. The largest absolute Gasteiger partial charge is 0.419 e. The van der Waals surface area contributed by atoms with Crippen LogP contribution in [0.5, 0.6) is 11.5 Å². The summed E-state index contributed by atoms with van der Waals surface area (Å²) in [6.45, 7) is 11.5. The maximum absolute atomic E-state index is 13.6. The Hall–Kier alpha value is -4.70. The third-order valence-electron chi connectivity index (χ3n) is 8.53. The molecule has 46 heavy (non-hydrogen) atoms. The van der Waals surface area contributed by atoms with E-state index in [0.717, 1.165) is 12.0 Å². The van der Waals surface area contributed by atoms with Gasteiger partial charge in [0.25, 0.3) is 0 Å². The normalized spacial score (nSPS) is 16.4. The summed E-state index contributed by atoms with van der Waals surface area (Å²) >= 11 is 0. The second-order valence-electron chi connectivity index (χ2n) is 12.8. The van der Waals surface area contributed by atoms with Gasteiger partial charge in [0.15, 0.2) is 8.24 Å². The number of carbonyl (C=O) groups excluding carboxylic acids is 3. The minimum absolute atomic E-state index is 0.0287. The van der Waals surface area contributed by atoms with Gasteiger partial charge in [-0.15, -0.1) is 0 Å². The molecule has 10 heteroatoms. The van der Waals surface area contributed by atoms with E-state index in [4.69, 9.17) is 9.47 Å². The molecule has 1 fully saturated rings. The average Bonchev–Trinajstić information content (AvgIpc) is 3.01. The van der Waals surface area contributed by atoms with Gasteiger partial charge in [0.05, 0.1) is 12.0 Å². The standard InChI is InChI=1S/C36H44N4O5Si/c1-36(2,3)46(4,5)40-31(25-24-27-17-9-6-10-18-27)30(32(40)41)23-15-16-26-37-33(38-34(42)44-28-19-11-7-12-20-28)39-35(43)45-29-21-13-8-14-22-29/h6-14,17-22,24-25,30-31H,15-16,23,26H2,1-5H3,(H2,37,38,39,42,43)/t30-,31-/m1/s1. The molecule has 1 aliphatic heterocycles. The Bertz CT molecular complexity index is 1460. The minimum atomic E-state index is -2.08. The number of hydrogen-bond donors (Lipinski definition) is 2. The van der Waals surface area contributed by atoms with Crippen LogP contribution in [0.2, 0.25) is 18.1 Å². The van der Waals surface area contributed by atoms with Gasteiger partial charge in [-0.05, 0) is 47.7 Å². The molecule has 3 amide bonds. The van der Waals surface area contributed by atoms with Crippen LogP contribution < -0.4 is 20.1 Å². The zero-order valence-electron chi connectivity index (χ0n) is 27.2. The SMILES string of the molecule is CC(C)(C)[Si](C)(C)N1C(=O)[C@H](CCCCN=C(NC(=O)Oc2ccccc2)NC(=O)Oc2ccccc2)[C@H]1C=Cc1ccccc1. The molecule has 2 N–H and O–H groups in total. The number of nitrogens with one attached hydrogen (secondary N) is 2. The molecule has 242 valence electrons. The number of hydrogen-bond acceptors (Lipinski definition) is 6. The van der Waals surface area contributed by atoms with Gasteiger partial charge in [0, 0.05) is 6.54 Å². The number of β-lactam (4-membered cyclic amide) rings is 1. The van der Waals surface area contributed by atoms with Crippen molar-refractivity contribution in [2.75, 3.05) is 6.54 Å². The quantitative estimate of drug-likeness (QED) is 0.0779. The van der Waals surface area contributed by atoms with Crippen LogP contribution in [0.15, 0.2) is 102 Å². The van der Waals surface area contributed by atoms with Crippen molar-refractivity contribution in [1.82, 2.24) is 15.2 Å². The van der Waals surface area contributed by atoms with Crippen molar-refractivity contribution in [2.45, 2.75) is 64.2 Å². The van der Waals surface area contributed by atoms with Gasteiger partial charge in [0.2, 0.25) is 11.9 Å². The first kappa shape index (κ1) is 34.2. The van der Waals surface area contributed by atoms with Gasteiger partial charge in [-0.25, -0.2) is 9.59 Å². The van der Waals surface area contributed by atoms with Gasteiger partial charge >= 0.3 is 12.2 Å². The van der Waals surface area contributed by atoms with E-state index >= 15 is 0 Å². The summed E-state index contributed by atoms with van der Waals surface area (Å²) in [5, 5.41) is 5.03. The Morgan fingerprint density at radius 2 is 1.33 bits per heavy atom. The number of nitrogens with zero attached hydrogens (tertiary/aromatic N) is 2. The topological polar surface area (TPSA) is 109 Å². The number of ether oxygens (including phenoxy) is 2. The molecule has 1 saturated heterocycles. The molecule has 9 nitrogen and oxygen atoms in total. The number of unbranched alkanes of at least 4 members (excludes halogenated alkanes) is 1. The van der Waals surface area contributed by atoms with E-state index < -0.39 is 20.4 Å². The van der Waals surface area contributed by atoms with Gasteiger partial charge in [-0.2, -0.15) is 0 Å². The third-order valence-corrected chi connectivity index (χ3v) is 13.9. The Morgan fingerprint density at radius 1 is 0.826 bits per heavy atom. The van der Waals surface area contributed by atoms with E-state index in [9.17, 15) is 14.4 Å². The van der Waals surface area contributed by atoms with Gasteiger partial charge < -0.3 is 14.0 Å². The van der Waals surface area contributed by atoms with Crippen LogP contribution in [-0.4, -0.2) is 49.4 Å². The predicted octanol–water partition coefficient (Wildman–Crippen LogP) is 7.64. The summed E-state index contributed by atoms with van der Waals surface area (Å²) in [7, 11) is -2.08. The fourth-order valence-electron chi connectivity index (χ4n) is 5.08. The lowest BCUT2D eigenvalue weighted by Crippen LogP contribution is -2.72. The van der Waals surface area contributed by atoms with E-state index in [0.29, 0.717) is 30.9 Å². The lowest BCUT2D eigenvalue weighted by molar-refractivity contribution is -0.145. The van der Waals surface area contributed by atoms with Crippen LogP contribution in [0, 0.1) is 5.92 Å². The summed E-state index contributed by atoms with van der Waals surface area (Å²) in [5.74, 6) is 0.719. The third kappa shape index (κ3) is 9.17. The fourth-order valence-corrected chi connectivity index (χ4v) is 7.53. The summed E-state index contributed by atoms with van der Waals surface area (Å²) in [4.78, 5) is 43.1. The number of para-hydroxylation sites is 2. The number of guanidine groups is 1. The van der Waals surface area contributed by atoms with Crippen LogP contribution in [0.4, 0.5) is 9.59 Å². The highest BCUT2D eigenvalue weighted by Gasteiger charge is 2.55. The highest BCUT2D eigenvalue weighted by atomic mass is 28.3. The Kier molecular flexibility index (Phi) is 11.5. The van der Waals surface area contributed by atoms with Crippen molar-refractivity contribution in [3.8, 4) is 11.5 Å². The van der Waals surface area contributed by atoms with Crippen molar-refractivity contribution >= 4 is 38.4 Å². The maximum atomic E-state index is 13.6. The minimum Gasteiger partial charge on any atom is -0.410 e. The maximum Gasteiger partial charge on any atom is 0.419 e. The first-order valence-corrected chi connectivity index (χ1v) is 18.6. The molecule has 0 unspecified atom stereocenters. The van der Waals surface area contributed by atoms with Gasteiger partial charge in [-0.1, -0.05) is 119 Å². The van der Waals surface area contributed by atoms with E-state index in [1.807, 2.05) is 30.3 Å². The first-order chi connectivity index (χ1) is 22.0. The van der Waals surface area contributed by atoms with Crippen LogP contribution in [0.25, 0.3) is 6.08 Å². The van der Waals surface area contributed by atoms with E-state index in [1.54, 1.807) is 48.5 Å². The molecule has 3 aromatic rings. The molecule has 4 rings (SSSR count). The highest BCUT2D eigenvalue weighted by molar-refractivity contribution is 6.80. The van der Waals surface area contributed by atoms with Crippen LogP contribution >= 0.6 is 0 Å². The molecule has 1 heterocycles. The molecule has 0 aromatic heterocycles. The van der Waals surface area contributed by atoms with E-state index in [-0.39, 0.29) is 28.9 Å². The second kappa shape index (κ2) is 15.5. The van der Waals surface area contributed by atoms with Crippen LogP contribution in [-0.2, 0) is 4.79 Å². The summed E-state index contributed by atoms with van der Waals surface area (Å²) in [6, 6.07) is 27.3. The lowest BCUT2D eigenvalue weighted by atomic mass is 9.85. The van der Waals surface area contributed by atoms with Crippen molar-refractivity contribution in [3.63, 3.8) is 0 Å². The summed E-state index contributed by atoms with van der Waals surface area (Å²) < 4.78 is 12.8. The monoisotopic (exact) mass is 640 g/mol. The fraction of sp³-hybridized carbons (Fsp3) is 0.333. The zero-order chi connectivity index (χ0) is 33.2. The molecule has 0 bridgehead atoms. The van der Waals surface area contributed by atoms with E-state index in [2.05, 4.69) is 78.3 Å². The van der Waals surface area contributed by atoms with Crippen LogP contribution in [0.1, 0.15) is 45.6 Å². The summed E-state index contributed by atoms with van der Waals surface area (Å²) in [6.07, 6.45) is 4.80. The van der Waals surface area contributed by atoms with Crippen LogP contribution in [0.3, 0.4) is 0 Å². The predicted molar refractivity (Wildman–Crippen MR) is 184 cm³/mol. The van der Waals surface area contributed by atoms with Crippen molar-refractivity contribution in [3.05, 3.63) is 103 Å². The molecule has 0 radical (unpaired) electrons. The molecule has 2 atom stereocenters. The molecule has 0 saturated carbocycles. The molecular formula is C36H44N4O5Si. The Morgan fingerprint density at radius 3 is 1.83 bits per heavy atom. The van der Waals surface area contributed by atoms with Crippen molar-refractivity contribution in [2.24, 2.45) is 10.9 Å². The molecule has 3 aromatic carbocycles. The highest BCUT2D eigenvalue weighted by Crippen LogP contribution is 2.46. The average molecular weight is 641 g/mol. The van der Waals surface area contributed by atoms with Gasteiger partial charge in [-0.3, -0.25) is 20.4 Å². The molecule has 1 aliphatic rings. The molecule has 0 spiro atoms. The Labute approximate surface area is 272 Å². The number of rotatable bonds is 10.